The van der Waals surface area contributed by atoms with Gasteiger partial charge in [0.05, 0.1) is 25.0 Å². The number of hydrogen-bond donors (Lipinski definition) is 2. The zero-order valence-corrected chi connectivity index (χ0v) is 18.5. The minimum Gasteiger partial charge on any atom is -0.506 e. The lowest BCUT2D eigenvalue weighted by atomic mass is 9.84. The van der Waals surface area contributed by atoms with Crippen molar-refractivity contribution in [3.63, 3.8) is 0 Å². The summed E-state index contributed by atoms with van der Waals surface area (Å²) in [4.78, 5) is 7.60. The Bertz CT molecular complexity index is 862. The Morgan fingerprint density at radius 2 is 1.56 bits per heavy atom. The molecule has 0 bridgehead atoms. The van der Waals surface area contributed by atoms with E-state index in [2.05, 4.69) is 29.0 Å². The SMILES string of the molecule is CC1CC(O)C1.Oc1cccnc1.c1ccc(COC2CC(Oc3ccncc3)C2)cc1. The predicted molar refractivity (Wildman–Crippen MR) is 123 cm³/mol. The van der Waals surface area contributed by atoms with Gasteiger partial charge in [0.1, 0.15) is 17.6 Å². The van der Waals surface area contributed by atoms with Crippen LogP contribution >= 0.6 is 0 Å². The van der Waals surface area contributed by atoms with Crippen molar-refractivity contribution in [2.75, 3.05) is 0 Å². The Kier molecular flexibility index (Phi) is 9.47. The average Bonchev–Trinajstić information content (AvgIpc) is 2.77. The molecule has 2 fully saturated rings. The lowest BCUT2D eigenvalue weighted by Crippen LogP contribution is -2.39. The Morgan fingerprint density at radius 1 is 0.844 bits per heavy atom. The van der Waals surface area contributed by atoms with Gasteiger partial charge in [-0.1, -0.05) is 37.3 Å². The van der Waals surface area contributed by atoms with Gasteiger partial charge >= 0.3 is 0 Å². The topological polar surface area (TPSA) is 84.7 Å². The zero-order valence-electron chi connectivity index (χ0n) is 18.5. The monoisotopic (exact) mass is 436 g/mol. The summed E-state index contributed by atoms with van der Waals surface area (Å²) in [5.74, 6) is 1.89. The molecule has 2 N–H and O–H groups in total. The van der Waals surface area contributed by atoms with E-state index in [0.717, 1.165) is 37.4 Å². The number of rotatable bonds is 5. The summed E-state index contributed by atoms with van der Waals surface area (Å²) >= 11 is 0. The van der Waals surface area contributed by atoms with Gasteiger partial charge in [-0.05, 0) is 48.6 Å². The van der Waals surface area contributed by atoms with Gasteiger partial charge in [0.2, 0.25) is 0 Å². The molecule has 5 rings (SSSR count). The third kappa shape index (κ3) is 8.65. The third-order valence-electron chi connectivity index (χ3n) is 5.33. The second kappa shape index (κ2) is 12.8. The maximum absolute atomic E-state index is 8.62. The van der Waals surface area contributed by atoms with Crippen LogP contribution in [0.3, 0.4) is 0 Å². The Hall–Kier alpha value is -2.96. The lowest BCUT2D eigenvalue weighted by molar-refractivity contribution is -0.0683. The van der Waals surface area contributed by atoms with Gasteiger partial charge in [-0.2, -0.15) is 0 Å². The van der Waals surface area contributed by atoms with Gasteiger partial charge in [0.15, 0.2) is 0 Å². The summed E-state index contributed by atoms with van der Waals surface area (Å²) in [5, 5.41) is 17.2. The van der Waals surface area contributed by atoms with Crippen LogP contribution in [-0.2, 0) is 11.3 Å². The van der Waals surface area contributed by atoms with Gasteiger partial charge in [-0.3, -0.25) is 9.97 Å². The normalized spacial score (nSPS) is 23.2. The standard InChI is InChI=1S/C16H17NO2.C5H5NO.C5H10O/c1-2-4-13(5-3-1)12-18-15-10-16(11-15)19-14-6-8-17-9-7-14;7-5-2-1-3-6-4-5;1-4-2-5(6)3-4/h1-9,15-16H,10-12H2;1-4,7H;4-6H,2-3H2,1H3. The third-order valence-corrected chi connectivity index (χ3v) is 5.33. The van der Waals surface area contributed by atoms with Crippen molar-refractivity contribution in [3.8, 4) is 11.5 Å². The number of aliphatic hydroxyl groups is 1. The molecule has 0 radical (unpaired) electrons. The maximum atomic E-state index is 8.62. The number of aromatic nitrogens is 2. The first-order valence-corrected chi connectivity index (χ1v) is 11.1. The fourth-order valence-electron chi connectivity index (χ4n) is 3.36. The van der Waals surface area contributed by atoms with Gasteiger partial charge in [-0.25, -0.2) is 0 Å². The van der Waals surface area contributed by atoms with E-state index in [1.54, 1.807) is 30.7 Å². The first kappa shape index (κ1) is 23.7. The first-order chi connectivity index (χ1) is 15.6. The van der Waals surface area contributed by atoms with Crippen molar-refractivity contribution in [2.45, 2.75) is 57.5 Å². The molecule has 0 spiro atoms. The minimum atomic E-state index is 0.0417. The van der Waals surface area contributed by atoms with Crippen LogP contribution in [0.25, 0.3) is 0 Å². The average molecular weight is 437 g/mol. The highest BCUT2D eigenvalue weighted by molar-refractivity contribution is 5.18. The van der Waals surface area contributed by atoms with E-state index in [1.165, 1.54) is 11.8 Å². The molecule has 0 aliphatic heterocycles. The minimum absolute atomic E-state index is 0.0417. The molecule has 2 aliphatic carbocycles. The summed E-state index contributed by atoms with van der Waals surface area (Å²) < 4.78 is 11.7. The van der Waals surface area contributed by atoms with Crippen molar-refractivity contribution in [2.24, 2.45) is 5.92 Å². The number of pyridine rings is 2. The van der Waals surface area contributed by atoms with E-state index in [0.29, 0.717) is 12.7 Å². The van der Waals surface area contributed by atoms with Gasteiger partial charge in [-0.15, -0.1) is 0 Å². The van der Waals surface area contributed by atoms with Crippen LogP contribution in [0.1, 0.15) is 38.2 Å². The summed E-state index contributed by atoms with van der Waals surface area (Å²) in [7, 11) is 0. The quantitative estimate of drug-likeness (QED) is 0.599. The highest BCUT2D eigenvalue weighted by Gasteiger charge is 2.31. The van der Waals surface area contributed by atoms with E-state index in [9.17, 15) is 0 Å². The highest BCUT2D eigenvalue weighted by Crippen LogP contribution is 2.28. The largest absolute Gasteiger partial charge is 0.506 e. The second-order valence-corrected chi connectivity index (χ2v) is 8.25. The maximum Gasteiger partial charge on any atom is 0.133 e. The first-order valence-electron chi connectivity index (χ1n) is 11.1. The molecular formula is C26H32N2O4. The fourth-order valence-corrected chi connectivity index (χ4v) is 3.36. The molecule has 1 aromatic carbocycles. The zero-order chi connectivity index (χ0) is 22.6. The van der Waals surface area contributed by atoms with Crippen LogP contribution in [0.4, 0.5) is 0 Å². The molecule has 0 saturated heterocycles. The van der Waals surface area contributed by atoms with Crippen molar-refractivity contribution in [1.29, 1.82) is 0 Å². The molecule has 3 aromatic rings. The van der Waals surface area contributed by atoms with E-state index in [4.69, 9.17) is 19.7 Å². The smallest absolute Gasteiger partial charge is 0.133 e. The summed E-state index contributed by atoms with van der Waals surface area (Å²) in [6.07, 6.45) is 11.1. The molecule has 170 valence electrons. The molecule has 2 aromatic heterocycles. The Labute approximate surface area is 189 Å². The summed E-state index contributed by atoms with van der Waals surface area (Å²) in [5.41, 5.74) is 1.22. The highest BCUT2D eigenvalue weighted by atomic mass is 16.5. The van der Waals surface area contributed by atoms with Crippen LogP contribution < -0.4 is 4.74 Å². The molecule has 2 saturated carbocycles. The van der Waals surface area contributed by atoms with Gasteiger partial charge in [0.25, 0.3) is 0 Å². The molecule has 2 aliphatic rings. The number of nitrogens with zero attached hydrogens (tertiary/aromatic N) is 2. The van der Waals surface area contributed by atoms with E-state index >= 15 is 0 Å². The molecule has 0 unspecified atom stereocenters. The van der Waals surface area contributed by atoms with E-state index in [1.807, 2.05) is 30.3 Å². The van der Waals surface area contributed by atoms with Gasteiger partial charge in [0, 0.05) is 31.4 Å². The van der Waals surface area contributed by atoms with Crippen molar-refractivity contribution in [3.05, 3.63) is 84.9 Å². The summed E-state index contributed by atoms with van der Waals surface area (Å²) in [6.45, 7) is 2.85. The Morgan fingerprint density at radius 3 is 2.06 bits per heavy atom. The number of ether oxygens (including phenoxy) is 2. The van der Waals surface area contributed by atoms with Crippen LogP contribution in [0.15, 0.2) is 79.4 Å². The molecular weight excluding hydrogens is 404 g/mol. The lowest BCUT2D eigenvalue weighted by Gasteiger charge is -2.35. The predicted octanol–water partition coefficient (Wildman–Crippen LogP) is 4.77. The fraction of sp³-hybridized carbons (Fsp3) is 0.385. The van der Waals surface area contributed by atoms with Crippen LogP contribution in [0, 0.1) is 5.92 Å². The van der Waals surface area contributed by atoms with Crippen molar-refractivity contribution in [1.82, 2.24) is 9.97 Å². The molecule has 6 heteroatoms. The van der Waals surface area contributed by atoms with Crippen LogP contribution in [0.2, 0.25) is 0 Å². The number of benzene rings is 1. The molecule has 32 heavy (non-hydrogen) atoms. The van der Waals surface area contributed by atoms with Crippen LogP contribution in [0.5, 0.6) is 11.5 Å². The second-order valence-electron chi connectivity index (χ2n) is 8.25. The molecule has 2 heterocycles. The van der Waals surface area contributed by atoms with E-state index in [-0.39, 0.29) is 18.0 Å². The molecule has 0 atom stereocenters. The molecule has 6 nitrogen and oxygen atoms in total. The van der Waals surface area contributed by atoms with E-state index < -0.39 is 0 Å². The van der Waals surface area contributed by atoms with Crippen molar-refractivity contribution < 1.29 is 19.7 Å². The number of hydrogen-bond acceptors (Lipinski definition) is 6. The number of aromatic hydroxyl groups is 1. The number of aliphatic hydroxyl groups excluding tert-OH is 1. The summed E-state index contributed by atoms with van der Waals surface area (Å²) in [6, 6.07) is 17.3. The molecule has 0 amide bonds. The van der Waals surface area contributed by atoms with Crippen LogP contribution in [-0.4, -0.2) is 38.5 Å². The van der Waals surface area contributed by atoms with Gasteiger partial charge < -0.3 is 19.7 Å². The Balaban J connectivity index is 0.000000181. The van der Waals surface area contributed by atoms with Crippen molar-refractivity contribution >= 4 is 0 Å².